The molecular formula is C28H21BrN4O3. The lowest BCUT2D eigenvalue weighted by Crippen LogP contribution is -2.53. The summed E-state index contributed by atoms with van der Waals surface area (Å²) in [5.74, 6) is -2.49. The van der Waals surface area contributed by atoms with Gasteiger partial charge in [-0.1, -0.05) is 52.3 Å². The molecule has 0 radical (unpaired) electrons. The fourth-order valence-electron chi connectivity index (χ4n) is 6.32. The van der Waals surface area contributed by atoms with Crippen molar-refractivity contribution in [2.75, 3.05) is 10.2 Å². The second kappa shape index (κ2) is 7.62. The molecule has 4 heterocycles. The molecule has 1 spiro atoms. The van der Waals surface area contributed by atoms with Crippen LogP contribution in [-0.2, 0) is 26.3 Å². The number of anilines is 2. The average Bonchev–Trinajstić information content (AvgIpc) is 3.59. The van der Waals surface area contributed by atoms with E-state index in [9.17, 15) is 14.4 Å². The number of nitrogens with one attached hydrogen (secondary N) is 3. The van der Waals surface area contributed by atoms with E-state index in [0.717, 1.165) is 20.9 Å². The molecule has 2 fully saturated rings. The van der Waals surface area contributed by atoms with Gasteiger partial charge >= 0.3 is 0 Å². The molecule has 3 amide bonds. The van der Waals surface area contributed by atoms with Crippen molar-refractivity contribution in [3.8, 4) is 0 Å². The number of nitrogens with zero attached hydrogens (tertiary/aromatic N) is 1. The number of aromatic nitrogens is 1. The quantitative estimate of drug-likeness (QED) is 0.341. The van der Waals surface area contributed by atoms with Gasteiger partial charge in [0.1, 0.15) is 5.54 Å². The van der Waals surface area contributed by atoms with Gasteiger partial charge < -0.3 is 10.3 Å². The van der Waals surface area contributed by atoms with Crippen molar-refractivity contribution in [2.45, 2.75) is 18.0 Å². The lowest BCUT2D eigenvalue weighted by molar-refractivity contribution is -0.130. The van der Waals surface area contributed by atoms with Crippen LogP contribution in [0.4, 0.5) is 11.4 Å². The van der Waals surface area contributed by atoms with Gasteiger partial charge in [0.25, 0.3) is 0 Å². The van der Waals surface area contributed by atoms with Crippen LogP contribution in [0.1, 0.15) is 11.1 Å². The number of benzene rings is 3. The number of halogens is 1. The third-order valence-corrected chi connectivity index (χ3v) is 8.30. The molecule has 3 aromatic carbocycles. The minimum Gasteiger partial charge on any atom is -0.361 e. The van der Waals surface area contributed by atoms with Crippen LogP contribution in [0.2, 0.25) is 0 Å². The predicted octanol–water partition coefficient (Wildman–Crippen LogP) is 4.10. The second-order valence-electron chi connectivity index (χ2n) is 9.62. The van der Waals surface area contributed by atoms with Crippen molar-refractivity contribution < 1.29 is 14.4 Å². The number of carbonyl (C=O) groups is 3. The van der Waals surface area contributed by atoms with Crippen molar-refractivity contribution in [3.63, 3.8) is 0 Å². The maximum atomic E-state index is 14.0. The Morgan fingerprint density at radius 3 is 2.53 bits per heavy atom. The molecule has 7 nitrogen and oxygen atoms in total. The molecular weight excluding hydrogens is 520 g/mol. The van der Waals surface area contributed by atoms with Gasteiger partial charge in [-0.25, -0.2) is 4.90 Å². The molecule has 3 aliphatic heterocycles. The number of hydrogen-bond acceptors (Lipinski definition) is 4. The molecule has 4 aromatic rings. The van der Waals surface area contributed by atoms with E-state index >= 15 is 0 Å². The van der Waals surface area contributed by atoms with E-state index in [0.29, 0.717) is 23.4 Å². The third kappa shape index (κ3) is 2.79. The van der Waals surface area contributed by atoms with Gasteiger partial charge in [-0.3, -0.25) is 19.7 Å². The van der Waals surface area contributed by atoms with Crippen molar-refractivity contribution in [2.24, 2.45) is 11.8 Å². The molecule has 4 atom stereocenters. The first kappa shape index (κ1) is 21.5. The van der Waals surface area contributed by atoms with E-state index < -0.39 is 23.4 Å². The molecule has 7 rings (SSSR count). The van der Waals surface area contributed by atoms with Gasteiger partial charge in [-0.05, 0) is 48.4 Å². The fraction of sp³-hybridized carbons (Fsp3) is 0.179. The Bertz CT molecular complexity index is 1580. The zero-order chi connectivity index (χ0) is 24.6. The second-order valence-corrected chi connectivity index (χ2v) is 10.5. The molecule has 0 bridgehead atoms. The number of hydrogen-bond donors (Lipinski definition) is 3. The summed E-state index contributed by atoms with van der Waals surface area (Å²) >= 11 is 3.52. The van der Waals surface area contributed by atoms with E-state index in [-0.39, 0.29) is 17.7 Å². The largest absolute Gasteiger partial charge is 0.361 e. The Balaban J connectivity index is 1.39. The molecule has 0 aliphatic carbocycles. The molecule has 0 saturated carbocycles. The Morgan fingerprint density at radius 1 is 0.917 bits per heavy atom. The van der Waals surface area contributed by atoms with Crippen LogP contribution in [0.3, 0.4) is 0 Å². The van der Waals surface area contributed by atoms with Crippen molar-refractivity contribution >= 4 is 55.9 Å². The molecule has 8 heteroatoms. The first-order chi connectivity index (χ1) is 17.5. The van der Waals surface area contributed by atoms with Gasteiger partial charge in [0.15, 0.2) is 0 Å². The Hall–Kier alpha value is -3.75. The molecule has 178 valence electrons. The summed E-state index contributed by atoms with van der Waals surface area (Å²) in [6, 6.07) is 22.1. The zero-order valence-corrected chi connectivity index (χ0v) is 20.6. The summed E-state index contributed by atoms with van der Waals surface area (Å²) in [5, 5.41) is 7.54. The number of rotatable bonds is 3. The standard InChI is InChI=1S/C28H21BrN4O3/c29-16-10-11-21-19(13-16)28(27(36)31-21)24-23(25(34)33(26(24)35)17-6-2-1-3-7-17)22(32-28)12-15-14-30-20-9-5-4-8-18(15)20/h1-11,13-14,22-24,30,32H,12H2,(H,31,36)/t22?,23-,24+,28?/m1/s1. The number of fused-ring (bicyclic) bond motifs is 5. The highest BCUT2D eigenvalue weighted by atomic mass is 79.9. The maximum Gasteiger partial charge on any atom is 0.250 e. The summed E-state index contributed by atoms with van der Waals surface area (Å²) < 4.78 is 0.798. The van der Waals surface area contributed by atoms with E-state index in [1.165, 1.54) is 4.90 Å². The lowest BCUT2D eigenvalue weighted by atomic mass is 9.76. The van der Waals surface area contributed by atoms with Crippen LogP contribution >= 0.6 is 15.9 Å². The SMILES string of the molecule is O=C1[C@@H]2C(Cc3c[nH]c4ccccc34)NC3(C(=O)Nc4ccc(Br)cc43)[C@@H]2C(=O)N1c1ccccc1. The molecule has 3 aliphatic rings. The van der Waals surface area contributed by atoms with Crippen molar-refractivity contribution in [3.05, 3.63) is 94.6 Å². The molecule has 36 heavy (non-hydrogen) atoms. The summed E-state index contributed by atoms with van der Waals surface area (Å²) in [6.45, 7) is 0. The third-order valence-electron chi connectivity index (χ3n) is 7.81. The molecule has 3 N–H and O–H groups in total. The summed E-state index contributed by atoms with van der Waals surface area (Å²) in [5.41, 5.74) is 2.57. The minimum atomic E-state index is -1.34. The van der Waals surface area contributed by atoms with Crippen LogP contribution in [0, 0.1) is 11.8 Å². The van der Waals surface area contributed by atoms with E-state index in [2.05, 4.69) is 31.5 Å². The van der Waals surface area contributed by atoms with Crippen LogP contribution in [0.5, 0.6) is 0 Å². The topological polar surface area (TPSA) is 94.3 Å². The first-order valence-corrected chi connectivity index (χ1v) is 12.7. The first-order valence-electron chi connectivity index (χ1n) is 11.9. The van der Waals surface area contributed by atoms with Crippen LogP contribution < -0.4 is 15.5 Å². The monoisotopic (exact) mass is 540 g/mol. The number of para-hydroxylation sites is 2. The van der Waals surface area contributed by atoms with Crippen LogP contribution in [-0.4, -0.2) is 28.7 Å². The minimum absolute atomic E-state index is 0.276. The zero-order valence-electron chi connectivity index (χ0n) is 19.0. The van der Waals surface area contributed by atoms with E-state index in [4.69, 9.17) is 0 Å². The normalized spacial score (nSPS) is 26.6. The van der Waals surface area contributed by atoms with E-state index in [1.807, 2.05) is 54.7 Å². The Labute approximate surface area is 215 Å². The van der Waals surface area contributed by atoms with E-state index in [1.54, 1.807) is 24.3 Å². The van der Waals surface area contributed by atoms with Crippen LogP contribution in [0.25, 0.3) is 10.9 Å². The van der Waals surface area contributed by atoms with Gasteiger partial charge in [0, 0.05) is 38.9 Å². The average molecular weight is 541 g/mol. The van der Waals surface area contributed by atoms with Crippen molar-refractivity contribution in [1.82, 2.24) is 10.3 Å². The smallest absolute Gasteiger partial charge is 0.250 e. The Morgan fingerprint density at radius 2 is 1.69 bits per heavy atom. The van der Waals surface area contributed by atoms with Crippen LogP contribution in [0.15, 0.2) is 83.5 Å². The predicted molar refractivity (Wildman–Crippen MR) is 139 cm³/mol. The summed E-state index contributed by atoms with van der Waals surface area (Å²) in [6.07, 6.45) is 2.44. The van der Waals surface area contributed by atoms with Gasteiger partial charge in [0.2, 0.25) is 17.7 Å². The maximum absolute atomic E-state index is 14.0. The van der Waals surface area contributed by atoms with Crippen molar-refractivity contribution in [1.29, 1.82) is 0 Å². The summed E-state index contributed by atoms with van der Waals surface area (Å²) in [7, 11) is 0. The highest BCUT2D eigenvalue weighted by Crippen LogP contribution is 2.54. The lowest BCUT2D eigenvalue weighted by Gasteiger charge is -2.29. The highest BCUT2D eigenvalue weighted by Gasteiger charge is 2.70. The highest BCUT2D eigenvalue weighted by molar-refractivity contribution is 9.10. The molecule has 1 aromatic heterocycles. The number of imide groups is 1. The summed E-state index contributed by atoms with van der Waals surface area (Å²) in [4.78, 5) is 46.2. The number of carbonyl (C=O) groups excluding carboxylic acids is 3. The number of amides is 3. The van der Waals surface area contributed by atoms with Gasteiger partial charge in [-0.15, -0.1) is 0 Å². The molecule has 2 unspecified atom stereocenters. The fourth-order valence-corrected chi connectivity index (χ4v) is 6.68. The number of aromatic amines is 1. The number of H-pyrrole nitrogens is 1. The molecule has 2 saturated heterocycles. The van der Waals surface area contributed by atoms with Gasteiger partial charge in [-0.2, -0.15) is 0 Å². The van der Waals surface area contributed by atoms with Gasteiger partial charge in [0.05, 0.1) is 17.5 Å². The Kier molecular flexibility index (Phi) is 4.56.